The number of benzene rings is 3. The molecular formula is C28H26N4O3S. The number of nitrogens with one attached hydrogen (secondary N) is 1. The fourth-order valence-corrected chi connectivity index (χ4v) is 4.66. The van der Waals surface area contributed by atoms with Crippen LogP contribution >= 0.6 is 12.2 Å². The van der Waals surface area contributed by atoms with E-state index < -0.39 is 0 Å². The number of methoxy groups -OCH3 is 2. The second-order valence-corrected chi connectivity index (χ2v) is 8.73. The number of hydrogen-bond donors (Lipinski definition) is 1. The number of rotatable bonds is 7. The third-order valence-electron chi connectivity index (χ3n) is 6.25. The molecule has 0 spiro atoms. The van der Waals surface area contributed by atoms with Crippen LogP contribution in [0.15, 0.2) is 89.1 Å². The second-order valence-electron chi connectivity index (χ2n) is 8.34. The van der Waals surface area contributed by atoms with Crippen molar-refractivity contribution in [1.82, 2.24) is 20.4 Å². The van der Waals surface area contributed by atoms with Gasteiger partial charge in [0.15, 0.2) is 5.11 Å². The molecule has 3 aromatic carbocycles. The first-order valence-electron chi connectivity index (χ1n) is 11.5. The largest absolute Gasteiger partial charge is 0.497 e. The van der Waals surface area contributed by atoms with Crippen LogP contribution in [-0.4, -0.2) is 34.4 Å². The van der Waals surface area contributed by atoms with Crippen molar-refractivity contribution in [3.63, 3.8) is 0 Å². The Morgan fingerprint density at radius 2 is 1.67 bits per heavy atom. The molecular weight excluding hydrogens is 472 g/mol. The van der Waals surface area contributed by atoms with Gasteiger partial charge in [-0.05, 0) is 42.9 Å². The molecule has 0 fully saturated rings. The Morgan fingerprint density at radius 3 is 2.39 bits per heavy atom. The van der Waals surface area contributed by atoms with E-state index >= 15 is 0 Å². The predicted octanol–water partition coefficient (Wildman–Crippen LogP) is 5.62. The highest BCUT2D eigenvalue weighted by molar-refractivity contribution is 7.80. The highest BCUT2D eigenvalue weighted by atomic mass is 32.1. The van der Waals surface area contributed by atoms with Crippen LogP contribution in [0, 0.1) is 0 Å². The molecule has 36 heavy (non-hydrogen) atoms. The van der Waals surface area contributed by atoms with E-state index in [1.807, 2.05) is 90.7 Å². The summed E-state index contributed by atoms with van der Waals surface area (Å²) < 4.78 is 16.7. The Bertz CT molecular complexity index is 1400. The molecule has 5 rings (SSSR count). The van der Waals surface area contributed by atoms with E-state index in [4.69, 9.17) is 31.2 Å². The smallest absolute Gasteiger partial charge is 0.258 e. The molecule has 1 unspecified atom stereocenters. The van der Waals surface area contributed by atoms with Gasteiger partial charge in [0.1, 0.15) is 11.5 Å². The summed E-state index contributed by atoms with van der Waals surface area (Å²) >= 11 is 5.84. The minimum absolute atomic E-state index is 0.276. The second kappa shape index (κ2) is 10.2. The highest BCUT2D eigenvalue weighted by Gasteiger charge is 2.34. The molecule has 0 amide bonds. The van der Waals surface area contributed by atoms with Crippen LogP contribution in [0.4, 0.5) is 0 Å². The van der Waals surface area contributed by atoms with Gasteiger partial charge in [-0.3, -0.25) is 0 Å². The molecule has 0 radical (unpaired) electrons. The number of nitrogens with zero attached hydrogens (tertiary/aromatic N) is 3. The molecule has 1 aromatic heterocycles. The summed E-state index contributed by atoms with van der Waals surface area (Å²) in [6.45, 7) is 2.56. The van der Waals surface area contributed by atoms with E-state index in [1.165, 1.54) is 0 Å². The summed E-state index contributed by atoms with van der Waals surface area (Å²) in [5.41, 5.74) is 4.69. The quantitative estimate of drug-likeness (QED) is 0.329. The molecule has 0 saturated carbocycles. The van der Waals surface area contributed by atoms with E-state index in [0.717, 1.165) is 39.5 Å². The summed E-state index contributed by atoms with van der Waals surface area (Å²) in [6, 6.07) is 25.3. The van der Waals surface area contributed by atoms with E-state index in [-0.39, 0.29) is 6.04 Å². The zero-order chi connectivity index (χ0) is 25.1. The molecule has 0 saturated heterocycles. The van der Waals surface area contributed by atoms with Crippen molar-refractivity contribution < 1.29 is 14.0 Å². The van der Waals surface area contributed by atoms with Gasteiger partial charge in [-0.1, -0.05) is 65.8 Å². The fraction of sp³-hybridized carbons (Fsp3) is 0.179. The average molecular weight is 499 g/mol. The average Bonchev–Trinajstić information content (AvgIpc) is 3.41. The van der Waals surface area contributed by atoms with E-state index in [9.17, 15) is 0 Å². The minimum atomic E-state index is -0.276. The summed E-state index contributed by atoms with van der Waals surface area (Å²) in [5, 5.41) is 8.37. The predicted molar refractivity (Wildman–Crippen MR) is 142 cm³/mol. The SMILES string of the molecule is COc1ccc(C2NC(=S)N(Cc3ccccc3OC)C(C)=C2c2nc(-c3ccccc3)no2)cc1. The third kappa shape index (κ3) is 4.55. The number of hydrogen-bond acceptors (Lipinski definition) is 6. The fourth-order valence-electron chi connectivity index (χ4n) is 4.34. The first-order valence-corrected chi connectivity index (χ1v) is 11.9. The number of para-hydroxylation sites is 1. The Labute approximate surface area is 215 Å². The number of allylic oxidation sites excluding steroid dienone is 1. The number of aromatic nitrogens is 2. The highest BCUT2D eigenvalue weighted by Crippen LogP contribution is 2.38. The van der Waals surface area contributed by atoms with Gasteiger partial charge in [0.05, 0.1) is 32.4 Å². The maximum absolute atomic E-state index is 5.84. The van der Waals surface area contributed by atoms with Gasteiger partial charge in [-0.2, -0.15) is 4.98 Å². The lowest BCUT2D eigenvalue weighted by atomic mass is 9.94. The standard InChI is InChI=1S/C28H26N4O3S/c1-18-24(27-30-26(31-35-27)20-9-5-4-6-10-20)25(19-13-15-22(33-2)16-14-19)29-28(36)32(18)17-21-11-7-8-12-23(21)34-3/h4-16,25H,17H2,1-3H3,(H,29,36). The van der Waals surface area contributed by atoms with Crippen LogP contribution in [-0.2, 0) is 6.54 Å². The van der Waals surface area contributed by atoms with Crippen LogP contribution in [0.25, 0.3) is 17.0 Å². The molecule has 7 nitrogen and oxygen atoms in total. The van der Waals surface area contributed by atoms with Crippen LogP contribution in [0.5, 0.6) is 11.5 Å². The molecule has 0 bridgehead atoms. The van der Waals surface area contributed by atoms with E-state index in [0.29, 0.717) is 23.4 Å². The van der Waals surface area contributed by atoms with Crippen molar-refractivity contribution in [2.45, 2.75) is 19.5 Å². The third-order valence-corrected chi connectivity index (χ3v) is 6.59. The van der Waals surface area contributed by atoms with Crippen molar-refractivity contribution >= 4 is 22.9 Å². The normalized spacial score (nSPS) is 15.6. The van der Waals surface area contributed by atoms with Crippen molar-refractivity contribution in [3.05, 3.63) is 102 Å². The Balaban J connectivity index is 1.60. The van der Waals surface area contributed by atoms with Gasteiger partial charge >= 0.3 is 0 Å². The lowest BCUT2D eigenvalue weighted by Gasteiger charge is -2.37. The molecule has 4 aromatic rings. The monoisotopic (exact) mass is 498 g/mol. The van der Waals surface area contributed by atoms with Gasteiger partial charge in [-0.15, -0.1) is 0 Å². The Morgan fingerprint density at radius 1 is 0.944 bits per heavy atom. The molecule has 182 valence electrons. The van der Waals surface area contributed by atoms with Gasteiger partial charge in [-0.25, -0.2) is 0 Å². The minimum Gasteiger partial charge on any atom is -0.497 e. The lowest BCUT2D eigenvalue weighted by molar-refractivity contribution is 0.387. The molecule has 1 N–H and O–H groups in total. The van der Waals surface area contributed by atoms with Crippen molar-refractivity contribution in [2.75, 3.05) is 14.2 Å². The van der Waals surface area contributed by atoms with Crippen molar-refractivity contribution in [1.29, 1.82) is 0 Å². The van der Waals surface area contributed by atoms with Gasteiger partial charge < -0.3 is 24.2 Å². The zero-order valence-corrected chi connectivity index (χ0v) is 21.1. The van der Waals surface area contributed by atoms with Crippen molar-refractivity contribution in [3.8, 4) is 22.9 Å². The van der Waals surface area contributed by atoms with Crippen LogP contribution in [0.1, 0.15) is 30.0 Å². The van der Waals surface area contributed by atoms with Crippen LogP contribution in [0.3, 0.4) is 0 Å². The zero-order valence-electron chi connectivity index (χ0n) is 20.3. The molecule has 2 heterocycles. The molecule has 1 atom stereocenters. The van der Waals surface area contributed by atoms with Crippen LogP contribution in [0.2, 0.25) is 0 Å². The molecule has 0 aliphatic carbocycles. The topological polar surface area (TPSA) is 72.7 Å². The Hall–Kier alpha value is -4.17. The lowest BCUT2D eigenvalue weighted by Crippen LogP contribution is -2.45. The van der Waals surface area contributed by atoms with Gasteiger partial charge in [0.25, 0.3) is 5.89 Å². The molecule has 1 aliphatic heterocycles. The summed E-state index contributed by atoms with van der Waals surface area (Å²) in [5.74, 6) is 2.55. The summed E-state index contributed by atoms with van der Waals surface area (Å²) in [6.07, 6.45) is 0. The van der Waals surface area contributed by atoms with Gasteiger partial charge in [0.2, 0.25) is 5.82 Å². The number of thiocarbonyl (C=S) groups is 1. The number of ether oxygens (including phenoxy) is 2. The summed E-state index contributed by atoms with van der Waals surface area (Å²) in [4.78, 5) is 6.81. The first-order chi connectivity index (χ1) is 17.6. The van der Waals surface area contributed by atoms with Crippen molar-refractivity contribution in [2.24, 2.45) is 0 Å². The molecule has 8 heteroatoms. The maximum atomic E-state index is 5.84. The van der Waals surface area contributed by atoms with Gasteiger partial charge in [0, 0.05) is 16.8 Å². The first kappa shape index (κ1) is 23.6. The van der Waals surface area contributed by atoms with E-state index in [1.54, 1.807) is 14.2 Å². The molecule has 1 aliphatic rings. The van der Waals surface area contributed by atoms with E-state index in [2.05, 4.69) is 10.5 Å². The summed E-state index contributed by atoms with van der Waals surface area (Å²) in [7, 11) is 3.32. The maximum Gasteiger partial charge on any atom is 0.258 e. The Kier molecular flexibility index (Phi) is 6.69. The van der Waals surface area contributed by atoms with Crippen LogP contribution < -0.4 is 14.8 Å².